The predicted octanol–water partition coefficient (Wildman–Crippen LogP) is -2.98. The van der Waals surface area contributed by atoms with E-state index in [1.165, 1.54) is 0 Å². The Morgan fingerprint density at radius 1 is 0.714 bits per heavy atom. The highest BCUT2D eigenvalue weighted by molar-refractivity contribution is 4.45. The van der Waals surface area contributed by atoms with E-state index in [0.717, 1.165) is 19.6 Å². The highest BCUT2D eigenvalue weighted by atomic mass is 16.3. The molecule has 6 heteroatoms. The Morgan fingerprint density at radius 2 is 1.07 bits per heavy atom. The summed E-state index contributed by atoms with van der Waals surface area (Å²) in [6.07, 6.45) is 0. The first-order chi connectivity index (χ1) is 6.83. The maximum Gasteiger partial charge on any atom is 0.0555 e. The van der Waals surface area contributed by atoms with Gasteiger partial charge in [-0.25, -0.2) is 0 Å². The average molecular weight is 207 g/mol. The van der Waals surface area contributed by atoms with Crippen molar-refractivity contribution in [1.29, 1.82) is 0 Å². The highest BCUT2D eigenvalue weighted by Gasteiger charge is 1.77. The van der Waals surface area contributed by atoms with Crippen molar-refractivity contribution >= 4 is 0 Å². The second kappa shape index (κ2) is 18.5. The minimum atomic E-state index is 0.194. The number of hydrogen-bond acceptors (Lipinski definition) is 6. The molecule has 0 aliphatic rings. The summed E-state index contributed by atoms with van der Waals surface area (Å²) in [6, 6.07) is 0. The van der Waals surface area contributed by atoms with E-state index in [1.807, 2.05) is 0 Å². The lowest BCUT2D eigenvalue weighted by molar-refractivity contribution is 0.293. The average Bonchev–Trinajstić information content (AvgIpc) is 2.21. The quantitative estimate of drug-likeness (QED) is 0.236. The summed E-state index contributed by atoms with van der Waals surface area (Å²) in [5, 5.41) is 14.1. The van der Waals surface area contributed by atoms with Gasteiger partial charge in [0.2, 0.25) is 0 Å². The Bertz CT molecular complexity index is 66.1. The SMILES string of the molecule is NCCNCCN.NCCNCCO. The highest BCUT2D eigenvalue weighted by Crippen LogP contribution is 1.52. The lowest BCUT2D eigenvalue weighted by Crippen LogP contribution is -2.27. The molecule has 9 N–H and O–H groups in total. The first kappa shape index (κ1) is 16.2. The molecule has 0 radical (unpaired) electrons. The molecule has 6 nitrogen and oxygen atoms in total. The van der Waals surface area contributed by atoms with Gasteiger partial charge < -0.3 is 32.9 Å². The molecule has 0 aliphatic heterocycles. The summed E-state index contributed by atoms with van der Waals surface area (Å²) in [7, 11) is 0. The summed E-state index contributed by atoms with van der Waals surface area (Å²) in [5.41, 5.74) is 15.5. The van der Waals surface area contributed by atoms with Crippen LogP contribution in [0, 0.1) is 0 Å². The van der Waals surface area contributed by atoms with Crippen molar-refractivity contribution in [3.05, 3.63) is 0 Å². The molecule has 0 bridgehead atoms. The third-order valence-electron chi connectivity index (χ3n) is 1.25. The lowest BCUT2D eigenvalue weighted by atomic mass is 10.6. The Kier molecular flexibility index (Phi) is 21.4. The molecule has 0 fully saturated rings. The van der Waals surface area contributed by atoms with Crippen LogP contribution in [0.3, 0.4) is 0 Å². The van der Waals surface area contributed by atoms with Gasteiger partial charge in [-0.15, -0.1) is 0 Å². The van der Waals surface area contributed by atoms with Crippen molar-refractivity contribution in [2.24, 2.45) is 17.2 Å². The number of rotatable bonds is 8. The van der Waals surface area contributed by atoms with Crippen LogP contribution in [-0.4, -0.2) is 57.5 Å². The van der Waals surface area contributed by atoms with Crippen molar-refractivity contribution in [1.82, 2.24) is 10.6 Å². The third-order valence-corrected chi connectivity index (χ3v) is 1.25. The Morgan fingerprint density at radius 3 is 1.36 bits per heavy atom. The molecule has 0 saturated carbocycles. The van der Waals surface area contributed by atoms with E-state index in [2.05, 4.69) is 10.6 Å². The molecule has 14 heavy (non-hydrogen) atoms. The van der Waals surface area contributed by atoms with Crippen molar-refractivity contribution in [2.75, 3.05) is 52.4 Å². The summed E-state index contributed by atoms with van der Waals surface area (Å²) in [6.45, 7) is 5.41. The minimum absolute atomic E-state index is 0.194. The van der Waals surface area contributed by atoms with Crippen LogP contribution >= 0.6 is 0 Å². The fourth-order valence-electron chi connectivity index (χ4n) is 0.635. The van der Waals surface area contributed by atoms with Crippen molar-refractivity contribution in [2.45, 2.75) is 0 Å². The topological polar surface area (TPSA) is 122 Å². The zero-order valence-corrected chi connectivity index (χ0v) is 8.84. The number of aliphatic hydroxyl groups is 1. The standard InChI is InChI=1S/C4H13N3.C4H12N2O/c5-1-3-7-4-2-6;5-1-2-6-3-4-7/h7H,1-6H2;6-7H,1-5H2. The summed E-state index contributed by atoms with van der Waals surface area (Å²) >= 11 is 0. The summed E-state index contributed by atoms with van der Waals surface area (Å²) < 4.78 is 0. The molecule has 0 aromatic heterocycles. The molecule has 88 valence electrons. The molecule has 0 aromatic carbocycles. The van der Waals surface area contributed by atoms with Gasteiger partial charge in [0.25, 0.3) is 0 Å². The number of nitrogens with two attached hydrogens (primary N) is 3. The number of hydrogen-bond donors (Lipinski definition) is 6. The maximum atomic E-state index is 8.19. The van der Waals surface area contributed by atoms with Gasteiger partial charge >= 0.3 is 0 Å². The van der Waals surface area contributed by atoms with Crippen LogP contribution in [0.5, 0.6) is 0 Å². The van der Waals surface area contributed by atoms with Crippen LogP contribution in [-0.2, 0) is 0 Å². The summed E-state index contributed by atoms with van der Waals surface area (Å²) in [4.78, 5) is 0. The van der Waals surface area contributed by atoms with E-state index in [4.69, 9.17) is 22.3 Å². The normalized spacial score (nSPS) is 9.43. The molecular formula is C8H25N5O. The van der Waals surface area contributed by atoms with Gasteiger partial charge in [0.1, 0.15) is 0 Å². The monoisotopic (exact) mass is 207 g/mol. The van der Waals surface area contributed by atoms with Crippen LogP contribution in [0.15, 0.2) is 0 Å². The van der Waals surface area contributed by atoms with E-state index in [9.17, 15) is 0 Å². The van der Waals surface area contributed by atoms with E-state index < -0.39 is 0 Å². The van der Waals surface area contributed by atoms with Gasteiger partial charge in [0.15, 0.2) is 0 Å². The summed E-state index contributed by atoms with van der Waals surface area (Å²) in [5.74, 6) is 0. The van der Waals surface area contributed by atoms with Crippen molar-refractivity contribution < 1.29 is 5.11 Å². The number of nitrogens with one attached hydrogen (secondary N) is 2. The Hall–Kier alpha value is -0.240. The van der Waals surface area contributed by atoms with Crippen LogP contribution in [0.2, 0.25) is 0 Å². The van der Waals surface area contributed by atoms with Gasteiger partial charge in [0.05, 0.1) is 6.61 Å². The fraction of sp³-hybridized carbons (Fsp3) is 1.00. The minimum Gasteiger partial charge on any atom is -0.395 e. The largest absolute Gasteiger partial charge is 0.395 e. The zero-order chi connectivity index (χ0) is 11.1. The van der Waals surface area contributed by atoms with E-state index in [1.54, 1.807) is 0 Å². The van der Waals surface area contributed by atoms with Crippen LogP contribution in [0.25, 0.3) is 0 Å². The smallest absolute Gasteiger partial charge is 0.0555 e. The molecule has 0 spiro atoms. The number of aliphatic hydroxyl groups excluding tert-OH is 1. The fourth-order valence-corrected chi connectivity index (χ4v) is 0.635. The first-order valence-electron chi connectivity index (χ1n) is 4.96. The Balaban J connectivity index is 0. The van der Waals surface area contributed by atoms with Gasteiger partial charge in [-0.3, -0.25) is 0 Å². The Labute approximate surface area is 86.2 Å². The molecule has 0 unspecified atom stereocenters. The predicted molar refractivity (Wildman–Crippen MR) is 60.0 cm³/mol. The maximum absolute atomic E-state index is 8.19. The molecule has 0 aliphatic carbocycles. The van der Waals surface area contributed by atoms with Gasteiger partial charge in [-0.1, -0.05) is 0 Å². The molecule has 0 amide bonds. The second-order valence-electron chi connectivity index (χ2n) is 2.59. The molecule has 0 atom stereocenters. The van der Waals surface area contributed by atoms with Crippen LogP contribution < -0.4 is 27.8 Å². The lowest BCUT2D eigenvalue weighted by Gasteiger charge is -1.95. The molecule has 0 rings (SSSR count). The van der Waals surface area contributed by atoms with Gasteiger partial charge in [-0.05, 0) is 0 Å². The van der Waals surface area contributed by atoms with E-state index in [-0.39, 0.29) is 6.61 Å². The van der Waals surface area contributed by atoms with Gasteiger partial charge in [0, 0.05) is 45.8 Å². The zero-order valence-electron chi connectivity index (χ0n) is 8.84. The van der Waals surface area contributed by atoms with Crippen LogP contribution in [0.1, 0.15) is 0 Å². The van der Waals surface area contributed by atoms with Crippen molar-refractivity contribution in [3.8, 4) is 0 Å². The van der Waals surface area contributed by atoms with E-state index >= 15 is 0 Å². The van der Waals surface area contributed by atoms with Crippen molar-refractivity contribution in [3.63, 3.8) is 0 Å². The first-order valence-corrected chi connectivity index (χ1v) is 4.96. The molecular weight excluding hydrogens is 182 g/mol. The van der Waals surface area contributed by atoms with Crippen LogP contribution in [0.4, 0.5) is 0 Å². The molecule has 0 heterocycles. The molecule has 0 saturated heterocycles. The van der Waals surface area contributed by atoms with Gasteiger partial charge in [-0.2, -0.15) is 0 Å². The van der Waals surface area contributed by atoms with E-state index in [0.29, 0.717) is 26.2 Å². The molecule has 0 aromatic rings. The second-order valence-corrected chi connectivity index (χ2v) is 2.59. The third kappa shape index (κ3) is 22.6.